The molecule has 0 aliphatic rings. The molecule has 6 heteroatoms. The van der Waals surface area contributed by atoms with Gasteiger partial charge in [-0.2, -0.15) is 5.26 Å². The zero-order chi connectivity index (χ0) is 17.1. The lowest BCUT2D eigenvalue weighted by Gasteiger charge is -2.13. The van der Waals surface area contributed by atoms with Gasteiger partial charge >= 0.3 is 0 Å². The van der Waals surface area contributed by atoms with Crippen LogP contribution in [0.25, 0.3) is 22.0 Å². The number of hydrogen-bond donors (Lipinski definition) is 1. The molecule has 0 radical (unpaired) electrons. The van der Waals surface area contributed by atoms with E-state index in [-0.39, 0.29) is 11.7 Å². The van der Waals surface area contributed by atoms with Crippen LogP contribution in [0.5, 0.6) is 5.75 Å². The molecule has 0 fully saturated rings. The van der Waals surface area contributed by atoms with Crippen LogP contribution in [0.15, 0.2) is 42.7 Å². The Morgan fingerprint density at radius 2 is 2.00 bits per heavy atom. The molecule has 1 aromatic carbocycles. The number of amides is 1. The van der Waals surface area contributed by atoms with E-state index in [1.165, 1.54) is 6.92 Å². The van der Waals surface area contributed by atoms with Gasteiger partial charge < -0.3 is 10.1 Å². The summed E-state index contributed by atoms with van der Waals surface area (Å²) in [5, 5.41) is 12.8. The molecule has 6 nitrogen and oxygen atoms in total. The normalized spacial score (nSPS) is 10.2. The molecular formula is C18H14N4O2. The molecule has 118 valence electrons. The minimum Gasteiger partial charge on any atom is -0.494 e. The molecule has 0 saturated carbocycles. The number of rotatable bonds is 3. The molecule has 2 heterocycles. The van der Waals surface area contributed by atoms with E-state index < -0.39 is 0 Å². The third kappa shape index (κ3) is 2.75. The highest BCUT2D eigenvalue weighted by Gasteiger charge is 2.15. The Kier molecular flexibility index (Phi) is 4.08. The fourth-order valence-corrected chi connectivity index (χ4v) is 2.53. The van der Waals surface area contributed by atoms with Gasteiger partial charge in [0, 0.05) is 24.7 Å². The molecule has 0 saturated heterocycles. The number of fused-ring (bicyclic) bond motifs is 1. The van der Waals surface area contributed by atoms with Crippen molar-refractivity contribution in [3.63, 3.8) is 0 Å². The van der Waals surface area contributed by atoms with Crippen molar-refractivity contribution in [2.75, 3.05) is 12.4 Å². The number of benzene rings is 1. The first-order valence-electron chi connectivity index (χ1n) is 7.24. The highest BCUT2D eigenvalue weighted by molar-refractivity contribution is 6.01. The molecule has 0 atom stereocenters. The topological polar surface area (TPSA) is 87.9 Å². The lowest BCUT2D eigenvalue weighted by molar-refractivity contribution is -0.114. The van der Waals surface area contributed by atoms with Crippen LogP contribution in [0.4, 0.5) is 5.82 Å². The molecule has 0 unspecified atom stereocenters. The quantitative estimate of drug-likeness (QED) is 0.801. The van der Waals surface area contributed by atoms with Crippen LogP contribution in [0.3, 0.4) is 0 Å². The van der Waals surface area contributed by atoms with Crippen molar-refractivity contribution in [1.29, 1.82) is 5.26 Å². The second kappa shape index (κ2) is 6.34. The Bertz CT molecular complexity index is 962. The van der Waals surface area contributed by atoms with Crippen LogP contribution in [0.1, 0.15) is 12.5 Å². The fraction of sp³-hybridized carbons (Fsp3) is 0.111. The van der Waals surface area contributed by atoms with E-state index >= 15 is 0 Å². The van der Waals surface area contributed by atoms with Gasteiger partial charge in [0.25, 0.3) is 0 Å². The average Bonchev–Trinajstić information content (AvgIpc) is 2.60. The highest BCUT2D eigenvalue weighted by atomic mass is 16.5. The smallest absolute Gasteiger partial charge is 0.222 e. The summed E-state index contributed by atoms with van der Waals surface area (Å²) in [5.41, 5.74) is 2.73. The number of methoxy groups -OCH3 is 1. The van der Waals surface area contributed by atoms with Gasteiger partial charge in [0.05, 0.1) is 12.7 Å². The number of ether oxygens (including phenoxy) is 1. The molecule has 3 rings (SSSR count). The van der Waals surface area contributed by atoms with E-state index in [2.05, 4.69) is 21.4 Å². The maximum absolute atomic E-state index is 11.4. The van der Waals surface area contributed by atoms with Gasteiger partial charge in [-0.3, -0.25) is 9.78 Å². The van der Waals surface area contributed by atoms with Gasteiger partial charge in [0.1, 0.15) is 17.3 Å². The van der Waals surface area contributed by atoms with Gasteiger partial charge in [-0.1, -0.05) is 0 Å². The number of nitrogens with one attached hydrogen (secondary N) is 1. The van der Waals surface area contributed by atoms with Crippen LogP contribution in [0.2, 0.25) is 0 Å². The third-order valence-electron chi connectivity index (χ3n) is 3.57. The zero-order valence-corrected chi connectivity index (χ0v) is 13.2. The van der Waals surface area contributed by atoms with Crippen LogP contribution in [0, 0.1) is 11.3 Å². The van der Waals surface area contributed by atoms with Crippen molar-refractivity contribution in [3.05, 3.63) is 48.3 Å². The largest absolute Gasteiger partial charge is 0.494 e. The van der Waals surface area contributed by atoms with E-state index in [4.69, 9.17) is 4.74 Å². The van der Waals surface area contributed by atoms with E-state index in [0.29, 0.717) is 16.8 Å². The number of carbonyl (C=O) groups is 1. The Hall–Kier alpha value is -3.46. The fourth-order valence-electron chi connectivity index (χ4n) is 2.53. The van der Waals surface area contributed by atoms with Crippen LogP contribution in [-0.4, -0.2) is 23.0 Å². The molecule has 0 aliphatic heterocycles. The molecule has 0 spiro atoms. The summed E-state index contributed by atoms with van der Waals surface area (Å²) in [6.45, 7) is 1.37. The molecule has 0 aliphatic carbocycles. The SMILES string of the molecule is COc1ccc(-c2ccncc2)c2cc(C#N)c(NC(C)=O)nc12. The van der Waals surface area contributed by atoms with Crippen molar-refractivity contribution in [2.45, 2.75) is 6.92 Å². The summed E-state index contributed by atoms with van der Waals surface area (Å²) < 4.78 is 5.38. The van der Waals surface area contributed by atoms with E-state index in [1.54, 1.807) is 25.6 Å². The molecule has 3 aromatic rings. The Morgan fingerprint density at radius 3 is 2.62 bits per heavy atom. The predicted molar refractivity (Wildman–Crippen MR) is 90.5 cm³/mol. The predicted octanol–water partition coefficient (Wildman–Crippen LogP) is 3.14. The number of carbonyl (C=O) groups excluding carboxylic acids is 1. The first-order valence-corrected chi connectivity index (χ1v) is 7.24. The van der Waals surface area contributed by atoms with Gasteiger partial charge in [-0.15, -0.1) is 0 Å². The molecule has 1 amide bonds. The van der Waals surface area contributed by atoms with Crippen LogP contribution >= 0.6 is 0 Å². The van der Waals surface area contributed by atoms with Crippen LogP contribution < -0.4 is 10.1 Å². The summed E-state index contributed by atoms with van der Waals surface area (Å²) in [4.78, 5) is 19.8. The summed E-state index contributed by atoms with van der Waals surface area (Å²) in [6, 6.07) is 11.3. The van der Waals surface area contributed by atoms with Crippen molar-refractivity contribution >= 4 is 22.6 Å². The minimum atomic E-state index is -0.289. The summed E-state index contributed by atoms with van der Waals surface area (Å²) >= 11 is 0. The lowest BCUT2D eigenvalue weighted by Crippen LogP contribution is -2.09. The summed E-state index contributed by atoms with van der Waals surface area (Å²) in [6.07, 6.45) is 3.41. The van der Waals surface area contributed by atoms with E-state index in [1.807, 2.05) is 24.3 Å². The maximum atomic E-state index is 11.4. The maximum Gasteiger partial charge on any atom is 0.222 e. The Morgan fingerprint density at radius 1 is 1.25 bits per heavy atom. The van der Waals surface area contributed by atoms with Crippen molar-refractivity contribution in [3.8, 4) is 22.9 Å². The van der Waals surface area contributed by atoms with Crippen molar-refractivity contribution in [1.82, 2.24) is 9.97 Å². The number of aromatic nitrogens is 2. The molecule has 24 heavy (non-hydrogen) atoms. The second-order valence-corrected chi connectivity index (χ2v) is 5.12. The second-order valence-electron chi connectivity index (χ2n) is 5.12. The number of anilines is 1. The van der Waals surface area contributed by atoms with Crippen LogP contribution in [-0.2, 0) is 4.79 Å². The van der Waals surface area contributed by atoms with E-state index in [9.17, 15) is 10.1 Å². The van der Waals surface area contributed by atoms with Crippen molar-refractivity contribution in [2.24, 2.45) is 0 Å². The van der Waals surface area contributed by atoms with Gasteiger partial charge in [0.2, 0.25) is 5.91 Å². The standard InChI is InChI=1S/C18H14N4O2/c1-11(23)21-18-13(10-19)9-15-14(12-5-7-20-8-6-12)3-4-16(24-2)17(15)22-18/h3-9H,1-2H3,(H,21,22,23). The average molecular weight is 318 g/mol. The Balaban J connectivity index is 2.34. The third-order valence-corrected chi connectivity index (χ3v) is 3.57. The number of pyridine rings is 2. The van der Waals surface area contributed by atoms with Gasteiger partial charge in [-0.05, 0) is 41.5 Å². The number of nitriles is 1. The summed E-state index contributed by atoms with van der Waals surface area (Å²) in [7, 11) is 1.55. The first-order chi connectivity index (χ1) is 11.6. The molecular weight excluding hydrogens is 304 g/mol. The Labute approximate surface area is 138 Å². The summed E-state index contributed by atoms with van der Waals surface area (Å²) in [5.74, 6) is 0.504. The van der Waals surface area contributed by atoms with Gasteiger partial charge in [-0.25, -0.2) is 4.98 Å². The highest BCUT2D eigenvalue weighted by Crippen LogP contribution is 2.35. The minimum absolute atomic E-state index is 0.225. The van der Waals surface area contributed by atoms with E-state index in [0.717, 1.165) is 16.5 Å². The van der Waals surface area contributed by atoms with Crippen molar-refractivity contribution < 1.29 is 9.53 Å². The monoisotopic (exact) mass is 318 g/mol. The molecule has 2 aromatic heterocycles. The van der Waals surface area contributed by atoms with Gasteiger partial charge in [0.15, 0.2) is 5.82 Å². The molecule has 0 bridgehead atoms. The number of nitrogens with zero attached hydrogens (tertiary/aromatic N) is 3. The number of hydrogen-bond acceptors (Lipinski definition) is 5. The molecule has 1 N–H and O–H groups in total. The lowest BCUT2D eigenvalue weighted by atomic mass is 9.99. The first kappa shape index (κ1) is 15.4. The zero-order valence-electron chi connectivity index (χ0n) is 13.2.